The van der Waals surface area contributed by atoms with E-state index in [-0.39, 0.29) is 5.41 Å². The Bertz CT molecular complexity index is 1140. The number of piperidine rings is 3. The van der Waals surface area contributed by atoms with Gasteiger partial charge >= 0.3 is 0 Å². The quantitative estimate of drug-likeness (QED) is 0.481. The van der Waals surface area contributed by atoms with Crippen LogP contribution >= 0.6 is 0 Å². The summed E-state index contributed by atoms with van der Waals surface area (Å²) in [5.74, 6) is 0. The van der Waals surface area contributed by atoms with E-state index in [9.17, 15) is 5.11 Å². The van der Waals surface area contributed by atoms with Crippen LogP contribution in [0, 0.1) is 5.41 Å². The zero-order chi connectivity index (χ0) is 20.2. The Morgan fingerprint density at radius 2 is 1.03 bits per heavy atom. The third-order valence-electron chi connectivity index (χ3n) is 7.82. The van der Waals surface area contributed by atoms with Crippen molar-refractivity contribution < 1.29 is 5.11 Å². The molecule has 0 amide bonds. The molecule has 1 N–H and O–H groups in total. The van der Waals surface area contributed by atoms with E-state index in [1.807, 2.05) is 0 Å². The van der Waals surface area contributed by atoms with E-state index < -0.39 is 5.60 Å². The molecule has 7 rings (SSSR count). The van der Waals surface area contributed by atoms with Gasteiger partial charge in [-0.25, -0.2) is 0 Å². The highest BCUT2D eigenvalue weighted by atomic mass is 16.3. The predicted molar refractivity (Wildman–Crippen MR) is 124 cm³/mol. The molecule has 3 fully saturated rings. The van der Waals surface area contributed by atoms with Crippen molar-refractivity contribution in [3.63, 3.8) is 0 Å². The van der Waals surface area contributed by atoms with Gasteiger partial charge in [-0.05, 0) is 83.7 Å². The minimum atomic E-state index is -0.992. The number of nitrogens with zero attached hydrogens (tertiary/aromatic N) is 1. The second-order valence-electron chi connectivity index (χ2n) is 9.21. The fraction of sp³-hybridized carbons (Fsp3) is 0.286. The first-order chi connectivity index (χ1) is 14.7. The lowest BCUT2D eigenvalue weighted by molar-refractivity contribution is -0.125. The van der Waals surface area contributed by atoms with E-state index in [0.29, 0.717) is 0 Å². The highest BCUT2D eigenvalue weighted by Crippen LogP contribution is 2.56. The van der Waals surface area contributed by atoms with Crippen LogP contribution in [-0.4, -0.2) is 29.6 Å². The van der Waals surface area contributed by atoms with Gasteiger partial charge in [0, 0.05) is 5.41 Å². The van der Waals surface area contributed by atoms with Crippen LogP contribution in [0.25, 0.3) is 21.5 Å². The first-order valence-electron chi connectivity index (χ1n) is 11.1. The molecule has 0 saturated carbocycles. The Kier molecular flexibility index (Phi) is 4.02. The van der Waals surface area contributed by atoms with Gasteiger partial charge in [0.05, 0.1) is 0 Å². The van der Waals surface area contributed by atoms with Gasteiger partial charge in [-0.2, -0.15) is 0 Å². The monoisotopic (exact) mass is 393 g/mol. The zero-order valence-corrected chi connectivity index (χ0v) is 17.2. The Morgan fingerprint density at radius 3 is 1.50 bits per heavy atom. The van der Waals surface area contributed by atoms with Gasteiger partial charge < -0.3 is 10.0 Å². The van der Waals surface area contributed by atoms with Crippen molar-refractivity contribution in [1.82, 2.24) is 4.90 Å². The fourth-order valence-electron chi connectivity index (χ4n) is 5.98. The van der Waals surface area contributed by atoms with Gasteiger partial charge in [-0.1, -0.05) is 72.8 Å². The Labute approximate surface area is 177 Å². The van der Waals surface area contributed by atoms with Crippen LogP contribution in [0.3, 0.4) is 0 Å². The van der Waals surface area contributed by atoms with Gasteiger partial charge in [0.2, 0.25) is 0 Å². The molecule has 4 aromatic carbocycles. The van der Waals surface area contributed by atoms with E-state index in [4.69, 9.17) is 0 Å². The SMILES string of the molecule is OC(c1ccc2ccccc2c1)(c1ccc2ccccc2c1)C12CCN(CC1)CC2. The number of fused-ring (bicyclic) bond motifs is 5. The molecule has 3 saturated heterocycles. The summed E-state index contributed by atoms with van der Waals surface area (Å²) in [6.07, 6.45) is 3.13. The van der Waals surface area contributed by atoms with Crippen molar-refractivity contribution in [3.05, 3.63) is 96.1 Å². The standard InChI is InChI=1S/C28H27NO/c30-28(27-13-16-29(17-14-27)18-15-27,25-11-9-21-5-1-3-7-23(21)19-25)26-12-10-22-6-2-4-8-24(22)20-26/h1-12,19-20,30H,13-18H2. The van der Waals surface area contributed by atoms with Crippen molar-refractivity contribution >= 4 is 21.5 Å². The van der Waals surface area contributed by atoms with Crippen molar-refractivity contribution in [2.24, 2.45) is 5.41 Å². The Morgan fingerprint density at radius 1 is 0.600 bits per heavy atom. The number of aliphatic hydroxyl groups is 1. The third kappa shape index (κ3) is 2.57. The second-order valence-corrected chi connectivity index (χ2v) is 9.21. The summed E-state index contributed by atoms with van der Waals surface area (Å²) in [5.41, 5.74) is 0.957. The normalized spacial score (nSPS) is 23.8. The molecular formula is C28H27NO. The number of hydrogen-bond donors (Lipinski definition) is 1. The lowest BCUT2D eigenvalue weighted by Gasteiger charge is -2.56. The topological polar surface area (TPSA) is 23.5 Å². The van der Waals surface area contributed by atoms with Crippen LogP contribution in [-0.2, 0) is 5.60 Å². The summed E-state index contributed by atoms with van der Waals surface area (Å²) in [6, 6.07) is 30.0. The summed E-state index contributed by atoms with van der Waals surface area (Å²) in [7, 11) is 0. The van der Waals surface area contributed by atoms with Crippen LogP contribution in [0.2, 0.25) is 0 Å². The molecule has 0 unspecified atom stereocenters. The molecule has 4 aromatic rings. The van der Waals surface area contributed by atoms with Gasteiger partial charge in [0.1, 0.15) is 5.60 Å². The second kappa shape index (κ2) is 6.66. The summed E-state index contributed by atoms with van der Waals surface area (Å²) < 4.78 is 0. The molecule has 2 bridgehead atoms. The summed E-state index contributed by atoms with van der Waals surface area (Å²) in [4.78, 5) is 2.54. The van der Waals surface area contributed by atoms with Gasteiger partial charge in [-0.15, -0.1) is 0 Å². The minimum absolute atomic E-state index is 0.118. The van der Waals surface area contributed by atoms with Crippen LogP contribution in [0.4, 0.5) is 0 Å². The predicted octanol–water partition coefficient (Wildman–Crippen LogP) is 5.71. The molecule has 2 heteroatoms. The maximum absolute atomic E-state index is 12.8. The zero-order valence-electron chi connectivity index (χ0n) is 17.2. The van der Waals surface area contributed by atoms with Crippen LogP contribution in [0.15, 0.2) is 84.9 Å². The summed E-state index contributed by atoms with van der Waals surface area (Å²) >= 11 is 0. The third-order valence-corrected chi connectivity index (χ3v) is 7.82. The van der Waals surface area contributed by atoms with Crippen LogP contribution < -0.4 is 0 Å². The molecule has 30 heavy (non-hydrogen) atoms. The molecule has 0 aromatic heterocycles. The largest absolute Gasteiger partial charge is 0.380 e. The average Bonchev–Trinajstić information content (AvgIpc) is 2.84. The smallest absolute Gasteiger partial charge is 0.120 e. The maximum atomic E-state index is 12.8. The summed E-state index contributed by atoms with van der Waals surface area (Å²) in [6.45, 7) is 3.26. The Hall–Kier alpha value is -2.68. The molecular weight excluding hydrogens is 366 g/mol. The molecule has 0 spiro atoms. The van der Waals surface area contributed by atoms with Crippen LogP contribution in [0.5, 0.6) is 0 Å². The number of benzene rings is 4. The number of hydrogen-bond acceptors (Lipinski definition) is 2. The van der Waals surface area contributed by atoms with Gasteiger partial charge in [0.25, 0.3) is 0 Å². The molecule has 0 atom stereocenters. The fourth-order valence-corrected chi connectivity index (χ4v) is 5.98. The highest BCUT2D eigenvalue weighted by Gasteiger charge is 2.55. The first kappa shape index (κ1) is 18.1. The molecule has 0 radical (unpaired) electrons. The lowest BCUT2D eigenvalue weighted by Crippen LogP contribution is -2.58. The van der Waals surface area contributed by atoms with E-state index in [1.165, 1.54) is 21.5 Å². The van der Waals surface area contributed by atoms with Crippen LogP contribution in [0.1, 0.15) is 30.4 Å². The van der Waals surface area contributed by atoms with Crippen molar-refractivity contribution in [2.45, 2.75) is 24.9 Å². The van der Waals surface area contributed by atoms with Gasteiger partial charge in [0.15, 0.2) is 0 Å². The van der Waals surface area contributed by atoms with Gasteiger partial charge in [-0.3, -0.25) is 0 Å². The van der Waals surface area contributed by atoms with E-state index in [2.05, 4.69) is 89.8 Å². The highest BCUT2D eigenvalue weighted by molar-refractivity contribution is 5.85. The van der Waals surface area contributed by atoms with Crippen molar-refractivity contribution in [2.75, 3.05) is 19.6 Å². The number of rotatable bonds is 3. The maximum Gasteiger partial charge on any atom is 0.120 e. The molecule has 150 valence electrons. The first-order valence-corrected chi connectivity index (χ1v) is 11.1. The van der Waals surface area contributed by atoms with E-state index in [1.54, 1.807) is 0 Å². The van der Waals surface area contributed by atoms with Crippen molar-refractivity contribution in [3.8, 4) is 0 Å². The molecule has 3 aliphatic heterocycles. The molecule has 0 aliphatic carbocycles. The Balaban J connectivity index is 1.60. The summed E-state index contributed by atoms with van der Waals surface area (Å²) in [5, 5.41) is 17.6. The van der Waals surface area contributed by atoms with E-state index >= 15 is 0 Å². The lowest BCUT2D eigenvalue weighted by atomic mass is 9.57. The molecule has 2 nitrogen and oxygen atoms in total. The van der Waals surface area contributed by atoms with E-state index in [0.717, 1.165) is 50.0 Å². The average molecular weight is 394 g/mol. The van der Waals surface area contributed by atoms with Crippen molar-refractivity contribution in [1.29, 1.82) is 0 Å². The minimum Gasteiger partial charge on any atom is -0.380 e. The molecule has 3 heterocycles. The molecule has 3 aliphatic rings.